The summed E-state index contributed by atoms with van der Waals surface area (Å²) in [5.74, 6) is -1.18. The van der Waals surface area contributed by atoms with Crippen molar-refractivity contribution >= 4 is 11.8 Å². The van der Waals surface area contributed by atoms with Gasteiger partial charge in [0.1, 0.15) is 0 Å². The van der Waals surface area contributed by atoms with Crippen molar-refractivity contribution < 1.29 is 9.59 Å². The van der Waals surface area contributed by atoms with Gasteiger partial charge in [0.05, 0.1) is 6.04 Å². The summed E-state index contributed by atoms with van der Waals surface area (Å²) in [4.78, 5) is 23.4. The van der Waals surface area contributed by atoms with E-state index in [0.29, 0.717) is 6.54 Å². The molecule has 2 N–H and O–H groups in total. The summed E-state index contributed by atoms with van der Waals surface area (Å²) < 4.78 is 0. The van der Waals surface area contributed by atoms with Crippen molar-refractivity contribution in [3.63, 3.8) is 0 Å². The van der Waals surface area contributed by atoms with Gasteiger partial charge in [-0.05, 0) is 17.9 Å². The Kier molecular flexibility index (Phi) is 5.10. The monoisotopic (exact) mass is 262 g/mol. The number of hydrogen-bond donors (Lipinski definition) is 2. The second-order valence-corrected chi connectivity index (χ2v) is 5.85. The zero-order valence-electron chi connectivity index (χ0n) is 12.0. The van der Waals surface area contributed by atoms with Gasteiger partial charge in [0.15, 0.2) is 0 Å². The van der Waals surface area contributed by atoms with Crippen LogP contribution in [0.2, 0.25) is 0 Å². The first-order valence-electron chi connectivity index (χ1n) is 6.43. The minimum Gasteiger partial charge on any atom is -0.347 e. The molecule has 19 heavy (non-hydrogen) atoms. The van der Waals surface area contributed by atoms with Crippen LogP contribution >= 0.6 is 0 Å². The van der Waals surface area contributed by atoms with Gasteiger partial charge in [-0.1, -0.05) is 51.1 Å². The van der Waals surface area contributed by atoms with Gasteiger partial charge in [-0.2, -0.15) is 0 Å². The molecule has 1 rings (SSSR count). The third-order valence-corrected chi connectivity index (χ3v) is 2.63. The zero-order valence-corrected chi connectivity index (χ0v) is 12.0. The molecule has 0 spiro atoms. The van der Waals surface area contributed by atoms with Crippen molar-refractivity contribution in [2.75, 3.05) is 6.54 Å². The van der Waals surface area contributed by atoms with Crippen molar-refractivity contribution in [1.29, 1.82) is 0 Å². The molecule has 104 valence electrons. The number of hydrogen-bond acceptors (Lipinski definition) is 2. The van der Waals surface area contributed by atoms with E-state index in [9.17, 15) is 9.59 Å². The molecule has 2 amide bonds. The van der Waals surface area contributed by atoms with E-state index in [1.165, 1.54) is 0 Å². The summed E-state index contributed by atoms with van der Waals surface area (Å²) in [5.41, 5.74) is 0.931. The van der Waals surface area contributed by atoms with E-state index in [-0.39, 0.29) is 11.5 Å². The molecule has 0 unspecified atom stereocenters. The smallest absolute Gasteiger partial charge is 0.309 e. The Hall–Kier alpha value is -1.84. The lowest BCUT2D eigenvalue weighted by Crippen LogP contribution is -2.43. The van der Waals surface area contributed by atoms with Gasteiger partial charge >= 0.3 is 11.8 Å². The van der Waals surface area contributed by atoms with Gasteiger partial charge in [0.2, 0.25) is 0 Å². The molecule has 1 aromatic carbocycles. The Balaban J connectivity index is 2.49. The van der Waals surface area contributed by atoms with Gasteiger partial charge in [-0.15, -0.1) is 0 Å². The van der Waals surface area contributed by atoms with Crippen molar-refractivity contribution in [1.82, 2.24) is 10.6 Å². The molecule has 0 aliphatic heterocycles. The number of benzene rings is 1. The molecule has 0 saturated carbocycles. The Morgan fingerprint density at radius 1 is 1.11 bits per heavy atom. The molecular formula is C15H22N2O2. The summed E-state index contributed by atoms with van der Waals surface area (Å²) in [6, 6.07) is 9.36. The van der Waals surface area contributed by atoms with Crippen LogP contribution in [0.1, 0.15) is 39.3 Å². The second-order valence-electron chi connectivity index (χ2n) is 5.85. The third-order valence-electron chi connectivity index (χ3n) is 2.63. The minimum atomic E-state index is -0.597. The maximum Gasteiger partial charge on any atom is 0.309 e. The first-order chi connectivity index (χ1) is 8.79. The van der Waals surface area contributed by atoms with Crippen LogP contribution in [-0.4, -0.2) is 18.4 Å². The van der Waals surface area contributed by atoms with Gasteiger partial charge in [0.25, 0.3) is 0 Å². The molecule has 4 nitrogen and oxygen atoms in total. The lowest BCUT2D eigenvalue weighted by molar-refractivity contribution is -0.139. The van der Waals surface area contributed by atoms with E-state index in [2.05, 4.69) is 10.6 Å². The van der Waals surface area contributed by atoms with Gasteiger partial charge in [-0.3, -0.25) is 9.59 Å². The maximum absolute atomic E-state index is 11.7. The zero-order chi connectivity index (χ0) is 14.5. The largest absolute Gasteiger partial charge is 0.347 e. The van der Waals surface area contributed by atoms with Crippen LogP contribution < -0.4 is 10.6 Å². The summed E-state index contributed by atoms with van der Waals surface area (Å²) >= 11 is 0. The standard InChI is InChI=1S/C15H22N2O2/c1-11(12-8-6-5-7-9-12)17-14(19)13(18)16-10-15(2,3)4/h5-9,11H,10H2,1-4H3,(H,16,18)(H,17,19)/t11-/m0/s1. The fraction of sp³-hybridized carbons (Fsp3) is 0.467. The molecule has 4 heteroatoms. The van der Waals surface area contributed by atoms with Gasteiger partial charge in [-0.25, -0.2) is 0 Å². The van der Waals surface area contributed by atoms with E-state index in [1.54, 1.807) is 0 Å². The molecule has 0 fully saturated rings. The molecule has 1 aromatic rings. The van der Waals surface area contributed by atoms with Crippen LogP contribution in [0.3, 0.4) is 0 Å². The third kappa shape index (κ3) is 5.55. The molecule has 0 bridgehead atoms. The predicted molar refractivity (Wildman–Crippen MR) is 75.5 cm³/mol. The summed E-state index contributed by atoms with van der Waals surface area (Å²) in [6.07, 6.45) is 0. The highest BCUT2D eigenvalue weighted by Gasteiger charge is 2.19. The number of carbonyl (C=O) groups excluding carboxylic acids is 2. The van der Waals surface area contributed by atoms with E-state index in [0.717, 1.165) is 5.56 Å². The molecule has 0 radical (unpaired) electrons. The highest BCUT2D eigenvalue weighted by molar-refractivity contribution is 6.35. The topological polar surface area (TPSA) is 58.2 Å². The maximum atomic E-state index is 11.7. The summed E-state index contributed by atoms with van der Waals surface area (Å²) in [7, 11) is 0. The van der Waals surface area contributed by atoms with Gasteiger partial charge in [0, 0.05) is 6.54 Å². The van der Waals surface area contributed by atoms with Crippen LogP contribution in [0.25, 0.3) is 0 Å². The Morgan fingerprint density at radius 2 is 1.68 bits per heavy atom. The van der Waals surface area contributed by atoms with Crippen molar-refractivity contribution in [3.05, 3.63) is 35.9 Å². The Morgan fingerprint density at radius 3 is 2.21 bits per heavy atom. The highest BCUT2D eigenvalue weighted by Crippen LogP contribution is 2.11. The average molecular weight is 262 g/mol. The Labute approximate surface area is 114 Å². The van der Waals surface area contributed by atoms with Crippen molar-refractivity contribution in [2.24, 2.45) is 5.41 Å². The minimum absolute atomic E-state index is 0.0407. The number of carbonyl (C=O) groups is 2. The fourth-order valence-corrected chi connectivity index (χ4v) is 1.51. The first kappa shape index (κ1) is 15.2. The van der Waals surface area contributed by atoms with Gasteiger partial charge < -0.3 is 10.6 Å². The lowest BCUT2D eigenvalue weighted by atomic mass is 9.97. The predicted octanol–water partition coefficient (Wildman–Crippen LogP) is 2.03. The molecule has 0 aliphatic carbocycles. The van der Waals surface area contributed by atoms with Crippen LogP contribution in [0.15, 0.2) is 30.3 Å². The molecular weight excluding hydrogens is 240 g/mol. The average Bonchev–Trinajstić information content (AvgIpc) is 2.36. The Bertz CT molecular complexity index is 435. The molecule has 0 aromatic heterocycles. The SMILES string of the molecule is C[C@H](NC(=O)C(=O)NCC(C)(C)C)c1ccccc1. The number of rotatable bonds is 3. The second kappa shape index (κ2) is 6.36. The summed E-state index contributed by atoms with van der Waals surface area (Å²) in [5, 5.41) is 5.31. The molecule has 1 atom stereocenters. The van der Waals surface area contributed by atoms with Crippen molar-refractivity contribution in [2.45, 2.75) is 33.7 Å². The van der Waals surface area contributed by atoms with E-state index < -0.39 is 11.8 Å². The molecule has 0 aliphatic rings. The van der Waals surface area contributed by atoms with Crippen LogP contribution in [0.4, 0.5) is 0 Å². The van der Waals surface area contributed by atoms with Crippen LogP contribution in [0.5, 0.6) is 0 Å². The fourth-order valence-electron chi connectivity index (χ4n) is 1.51. The quantitative estimate of drug-likeness (QED) is 0.819. The highest BCUT2D eigenvalue weighted by atomic mass is 16.2. The van der Waals surface area contributed by atoms with Crippen LogP contribution in [0, 0.1) is 5.41 Å². The molecule has 0 saturated heterocycles. The van der Waals surface area contributed by atoms with Crippen LogP contribution in [-0.2, 0) is 9.59 Å². The van der Waals surface area contributed by atoms with E-state index in [4.69, 9.17) is 0 Å². The number of amides is 2. The van der Waals surface area contributed by atoms with E-state index >= 15 is 0 Å². The molecule has 0 heterocycles. The summed E-state index contributed by atoms with van der Waals surface area (Å²) in [6.45, 7) is 8.32. The first-order valence-corrected chi connectivity index (χ1v) is 6.43. The number of nitrogens with one attached hydrogen (secondary N) is 2. The van der Waals surface area contributed by atoms with E-state index in [1.807, 2.05) is 58.0 Å². The lowest BCUT2D eigenvalue weighted by Gasteiger charge is -2.19. The normalized spacial score (nSPS) is 12.6. The van der Waals surface area contributed by atoms with Crippen molar-refractivity contribution in [3.8, 4) is 0 Å².